The molecule has 0 aliphatic carbocycles. The molecule has 0 aromatic carbocycles. The van der Waals surface area contributed by atoms with E-state index < -0.39 is 30.4 Å². The first-order valence-corrected chi connectivity index (χ1v) is 6.06. The van der Waals surface area contributed by atoms with Crippen LogP contribution in [0.25, 0.3) is 0 Å². The number of imidazole rings is 1. The van der Waals surface area contributed by atoms with Crippen LogP contribution in [-0.2, 0) is 20.7 Å². The van der Waals surface area contributed by atoms with Crippen molar-refractivity contribution in [2.24, 2.45) is 5.73 Å². The molecule has 1 amide bonds. The van der Waals surface area contributed by atoms with Crippen molar-refractivity contribution in [3.05, 3.63) is 12.0 Å². The number of carbonyl (C=O) groups excluding carboxylic acids is 1. The smallest absolute Gasteiger partial charge is 0.223 e. The number of aliphatic hydroxyl groups is 2. The van der Waals surface area contributed by atoms with E-state index in [0.717, 1.165) is 0 Å². The molecule has 9 heteroatoms. The van der Waals surface area contributed by atoms with E-state index in [9.17, 15) is 15.0 Å². The normalized spacial score (nSPS) is 29.8. The molecule has 0 unspecified atom stereocenters. The lowest BCUT2D eigenvalue weighted by atomic mass is 10.1. The summed E-state index contributed by atoms with van der Waals surface area (Å²) in [5, 5.41) is 19.4. The predicted molar refractivity (Wildman–Crippen MR) is 67.3 cm³/mol. The fourth-order valence-corrected chi connectivity index (χ4v) is 2.30. The lowest BCUT2D eigenvalue weighted by Gasteiger charge is -2.18. The van der Waals surface area contributed by atoms with Gasteiger partial charge in [-0.1, -0.05) is 0 Å². The summed E-state index contributed by atoms with van der Waals surface area (Å²) in [5.74, 6) is -0.376. The fourth-order valence-electron chi connectivity index (χ4n) is 2.30. The highest BCUT2D eigenvalue weighted by molar-refractivity contribution is 5.77. The highest BCUT2D eigenvalue weighted by Gasteiger charge is 2.45. The number of carbonyl (C=O) groups is 1. The monoisotopic (exact) mass is 286 g/mol. The van der Waals surface area contributed by atoms with Gasteiger partial charge in [-0.3, -0.25) is 9.36 Å². The molecule has 9 nitrogen and oxygen atoms in total. The maximum Gasteiger partial charge on any atom is 0.223 e. The van der Waals surface area contributed by atoms with Gasteiger partial charge in [0.25, 0.3) is 0 Å². The first kappa shape index (κ1) is 14.7. The second-order valence-electron chi connectivity index (χ2n) is 4.57. The molecule has 1 saturated heterocycles. The summed E-state index contributed by atoms with van der Waals surface area (Å²) in [4.78, 5) is 14.9. The van der Waals surface area contributed by atoms with E-state index in [1.807, 2.05) is 0 Å². The van der Waals surface area contributed by atoms with E-state index in [4.69, 9.17) is 20.9 Å². The van der Waals surface area contributed by atoms with Crippen molar-refractivity contribution in [1.82, 2.24) is 9.55 Å². The molecule has 0 radical (unpaired) electrons. The quantitative estimate of drug-likeness (QED) is 0.478. The van der Waals surface area contributed by atoms with Gasteiger partial charge in [-0.25, -0.2) is 4.98 Å². The molecule has 0 spiro atoms. The highest BCUT2D eigenvalue weighted by Crippen LogP contribution is 2.33. The molecular weight excluding hydrogens is 268 g/mol. The van der Waals surface area contributed by atoms with Crippen LogP contribution in [0.5, 0.6) is 0 Å². The zero-order valence-corrected chi connectivity index (χ0v) is 11.0. The first-order chi connectivity index (χ1) is 9.49. The van der Waals surface area contributed by atoms with Crippen LogP contribution in [0.15, 0.2) is 6.33 Å². The third kappa shape index (κ3) is 2.48. The summed E-state index contributed by atoms with van der Waals surface area (Å²) < 4.78 is 12.0. The average Bonchev–Trinajstić information content (AvgIpc) is 2.90. The lowest BCUT2D eigenvalue weighted by Crippen LogP contribution is -2.35. The number of methoxy groups -OCH3 is 1. The van der Waals surface area contributed by atoms with E-state index in [-0.39, 0.29) is 18.8 Å². The summed E-state index contributed by atoms with van der Waals surface area (Å²) in [6.45, 7) is -0.297. The number of aliphatic hydroxyl groups excluding tert-OH is 2. The topological polar surface area (TPSA) is 146 Å². The van der Waals surface area contributed by atoms with Crippen LogP contribution < -0.4 is 11.5 Å². The molecule has 0 saturated carbocycles. The van der Waals surface area contributed by atoms with Crippen molar-refractivity contribution < 1.29 is 24.5 Å². The molecule has 1 aliphatic rings. The van der Waals surface area contributed by atoms with Crippen molar-refractivity contribution in [3.8, 4) is 0 Å². The number of hydrogen-bond donors (Lipinski definition) is 4. The highest BCUT2D eigenvalue weighted by atomic mass is 16.6. The Morgan fingerprint density at radius 1 is 1.65 bits per heavy atom. The van der Waals surface area contributed by atoms with Gasteiger partial charge in [0, 0.05) is 7.11 Å². The van der Waals surface area contributed by atoms with E-state index in [2.05, 4.69) is 4.98 Å². The fraction of sp³-hybridized carbons (Fsp3) is 0.636. The van der Waals surface area contributed by atoms with Gasteiger partial charge in [0.15, 0.2) is 6.23 Å². The first-order valence-electron chi connectivity index (χ1n) is 6.06. The molecule has 2 rings (SSSR count). The van der Waals surface area contributed by atoms with Gasteiger partial charge in [0.2, 0.25) is 5.91 Å². The minimum atomic E-state index is -1.02. The number of anilines is 1. The van der Waals surface area contributed by atoms with Crippen molar-refractivity contribution in [3.63, 3.8) is 0 Å². The molecule has 20 heavy (non-hydrogen) atoms. The number of ether oxygens (including phenoxy) is 2. The Hall–Kier alpha value is -1.68. The second-order valence-corrected chi connectivity index (χ2v) is 4.57. The van der Waals surface area contributed by atoms with Gasteiger partial charge in [0.1, 0.15) is 24.1 Å². The Morgan fingerprint density at radius 2 is 2.35 bits per heavy atom. The number of rotatable bonds is 5. The van der Waals surface area contributed by atoms with E-state index in [1.165, 1.54) is 18.0 Å². The van der Waals surface area contributed by atoms with Gasteiger partial charge in [-0.2, -0.15) is 0 Å². The third-order valence-electron chi connectivity index (χ3n) is 3.29. The Labute approximate surface area is 115 Å². The van der Waals surface area contributed by atoms with E-state index in [0.29, 0.717) is 5.69 Å². The van der Waals surface area contributed by atoms with Crippen LogP contribution in [0, 0.1) is 0 Å². The summed E-state index contributed by atoms with van der Waals surface area (Å²) in [6, 6.07) is 0. The zero-order valence-electron chi connectivity index (χ0n) is 11.0. The zero-order chi connectivity index (χ0) is 14.9. The lowest BCUT2D eigenvalue weighted by molar-refractivity contribution is -0.117. The maximum absolute atomic E-state index is 10.9. The van der Waals surface area contributed by atoms with Crippen LogP contribution in [-0.4, -0.2) is 57.7 Å². The second kappa shape index (κ2) is 5.75. The van der Waals surface area contributed by atoms with Gasteiger partial charge in [-0.15, -0.1) is 0 Å². The van der Waals surface area contributed by atoms with E-state index >= 15 is 0 Å². The number of nitrogens with zero attached hydrogens (tertiary/aromatic N) is 2. The van der Waals surface area contributed by atoms with Crippen molar-refractivity contribution in [2.45, 2.75) is 31.0 Å². The number of aromatic nitrogens is 2. The van der Waals surface area contributed by atoms with Gasteiger partial charge in [0.05, 0.1) is 25.0 Å². The summed E-state index contributed by atoms with van der Waals surface area (Å²) in [6.07, 6.45) is -1.94. The van der Waals surface area contributed by atoms with Crippen LogP contribution in [0.2, 0.25) is 0 Å². The molecule has 4 atom stereocenters. The number of primary amides is 1. The largest absolute Gasteiger partial charge is 0.394 e. The van der Waals surface area contributed by atoms with Crippen molar-refractivity contribution in [2.75, 3.05) is 19.5 Å². The maximum atomic E-state index is 10.9. The Bertz CT molecular complexity index is 491. The number of hydrogen-bond acceptors (Lipinski definition) is 7. The number of nitrogen functional groups attached to an aromatic ring is 1. The molecule has 1 fully saturated rings. The molecule has 0 bridgehead atoms. The summed E-state index contributed by atoms with van der Waals surface area (Å²) >= 11 is 0. The molecule has 112 valence electrons. The minimum absolute atomic E-state index is 0.0984. The Kier molecular flexibility index (Phi) is 4.23. The minimum Gasteiger partial charge on any atom is -0.394 e. The third-order valence-corrected chi connectivity index (χ3v) is 3.29. The van der Waals surface area contributed by atoms with Crippen LogP contribution in [0.1, 0.15) is 11.9 Å². The van der Waals surface area contributed by atoms with Crippen LogP contribution >= 0.6 is 0 Å². The number of amides is 1. The molecule has 1 aromatic rings. The van der Waals surface area contributed by atoms with Gasteiger partial charge < -0.3 is 31.2 Å². The summed E-state index contributed by atoms with van der Waals surface area (Å²) in [7, 11) is 1.41. The van der Waals surface area contributed by atoms with Gasteiger partial charge >= 0.3 is 0 Å². The molecule has 2 heterocycles. The molecular formula is C11H18N4O5. The average molecular weight is 286 g/mol. The van der Waals surface area contributed by atoms with Crippen LogP contribution in [0.3, 0.4) is 0 Å². The Balaban J connectivity index is 2.24. The van der Waals surface area contributed by atoms with Crippen molar-refractivity contribution >= 4 is 11.7 Å². The predicted octanol–water partition coefficient (Wildman–Crippen LogP) is -2.24. The standard InChI is InChI=1S/C11H18N4O5/c1-19-9-6(3-16)20-11(8(9)18)15-4-14-5(10(15)13)2-7(12)17/h4,6,8-9,11,16,18H,2-3,13H2,1H3,(H2,12,17)/t6-,8-,9-,11-/m1/s1. The summed E-state index contributed by atoms with van der Waals surface area (Å²) in [5.41, 5.74) is 11.3. The van der Waals surface area contributed by atoms with Crippen molar-refractivity contribution in [1.29, 1.82) is 0 Å². The number of nitrogens with two attached hydrogens (primary N) is 2. The van der Waals surface area contributed by atoms with Crippen LogP contribution in [0.4, 0.5) is 5.82 Å². The molecule has 1 aromatic heterocycles. The molecule has 1 aliphatic heterocycles. The Morgan fingerprint density at radius 3 is 2.85 bits per heavy atom. The molecule has 6 N–H and O–H groups in total. The SMILES string of the molecule is CO[C@H]1[C@@H](O)[C@H](n2cnc(CC(N)=O)c2N)O[C@@H]1CO. The van der Waals surface area contributed by atoms with E-state index in [1.54, 1.807) is 0 Å². The van der Waals surface area contributed by atoms with Gasteiger partial charge in [-0.05, 0) is 0 Å².